The van der Waals surface area contributed by atoms with Crippen LogP contribution in [0.1, 0.15) is 29.8 Å². The molecule has 0 bridgehead atoms. The van der Waals surface area contributed by atoms with Crippen LogP contribution in [-0.4, -0.2) is 31.0 Å². The normalized spacial score (nSPS) is 10.7. The van der Waals surface area contributed by atoms with Crippen molar-refractivity contribution >= 4 is 23.1 Å². The lowest BCUT2D eigenvalue weighted by Crippen LogP contribution is -2.31. The summed E-state index contributed by atoms with van der Waals surface area (Å²) in [5.74, 6) is 0.647. The van der Waals surface area contributed by atoms with E-state index in [1.54, 1.807) is 12.3 Å². The number of carbonyl (C=O) groups is 1. The molecule has 3 rings (SSSR count). The fraction of sp³-hybridized carbons (Fsp3) is 0.250. The van der Waals surface area contributed by atoms with Crippen LogP contribution in [0.3, 0.4) is 0 Å². The maximum atomic E-state index is 12.8. The van der Waals surface area contributed by atoms with Crippen molar-refractivity contribution in [1.29, 1.82) is 0 Å². The molecule has 0 fully saturated rings. The Kier molecular flexibility index (Phi) is 6.50. The van der Waals surface area contributed by atoms with Crippen molar-refractivity contribution < 1.29 is 4.79 Å². The molecule has 1 aromatic heterocycles. The Bertz CT molecular complexity index is 937. The van der Waals surface area contributed by atoms with E-state index in [9.17, 15) is 4.79 Å². The molecule has 1 heterocycles. The van der Waals surface area contributed by atoms with Crippen molar-refractivity contribution in [2.24, 2.45) is 0 Å². The SMILES string of the molecule is CC(C)N(Cc1ccccc1)c1cc(C(=O)Nc2ccc(N(C)C)cc2)ccn1. The van der Waals surface area contributed by atoms with Gasteiger partial charge >= 0.3 is 0 Å². The van der Waals surface area contributed by atoms with Crippen LogP contribution in [0, 0.1) is 0 Å². The number of aromatic nitrogens is 1. The summed E-state index contributed by atoms with van der Waals surface area (Å²) in [6, 6.07) is 21.9. The molecule has 5 nitrogen and oxygen atoms in total. The molecule has 1 N–H and O–H groups in total. The molecule has 0 atom stereocenters. The molecule has 0 unspecified atom stereocenters. The lowest BCUT2D eigenvalue weighted by Gasteiger charge is -2.28. The highest BCUT2D eigenvalue weighted by Crippen LogP contribution is 2.21. The summed E-state index contributed by atoms with van der Waals surface area (Å²) in [7, 11) is 3.98. The van der Waals surface area contributed by atoms with Gasteiger partial charge in [0, 0.05) is 49.8 Å². The molecule has 150 valence electrons. The molecule has 0 spiro atoms. The third-order valence-corrected chi connectivity index (χ3v) is 4.76. The Morgan fingerprint density at radius 1 is 1.00 bits per heavy atom. The Hall–Kier alpha value is -3.34. The second-order valence-corrected chi connectivity index (χ2v) is 7.51. The first kappa shape index (κ1) is 20.4. The summed E-state index contributed by atoms with van der Waals surface area (Å²) >= 11 is 0. The predicted octanol–water partition coefficient (Wildman–Crippen LogP) is 4.81. The van der Waals surface area contributed by atoms with E-state index < -0.39 is 0 Å². The molecule has 0 radical (unpaired) electrons. The van der Waals surface area contributed by atoms with Crippen molar-refractivity contribution in [2.75, 3.05) is 29.2 Å². The van der Waals surface area contributed by atoms with Gasteiger partial charge in [-0.05, 0) is 55.8 Å². The molecule has 0 saturated carbocycles. The molecular formula is C24H28N4O. The average molecular weight is 389 g/mol. The molecule has 29 heavy (non-hydrogen) atoms. The van der Waals surface area contributed by atoms with Gasteiger partial charge in [-0.1, -0.05) is 30.3 Å². The van der Waals surface area contributed by atoms with Gasteiger partial charge in [0.05, 0.1) is 0 Å². The zero-order valence-corrected chi connectivity index (χ0v) is 17.5. The van der Waals surface area contributed by atoms with Gasteiger partial charge in [0.1, 0.15) is 5.82 Å². The minimum atomic E-state index is -0.144. The lowest BCUT2D eigenvalue weighted by molar-refractivity contribution is 0.102. The molecule has 3 aromatic rings. The number of nitrogens with zero attached hydrogens (tertiary/aromatic N) is 3. The van der Waals surface area contributed by atoms with Crippen LogP contribution in [0.15, 0.2) is 72.9 Å². The molecule has 0 saturated heterocycles. The van der Waals surface area contributed by atoms with E-state index in [-0.39, 0.29) is 11.9 Å². The number of amides is 1. The van der Waals surface area contributed by atoms with Crippen LogP contribution in [0.2, 0.25) is 0 Å². The molecule has 5 heteroatoms. The Balaban J connectivity index is 1.77. The van der Waals surface area contributed by atoms with Crippen molar-refractivity contribution in [3.63, 3.8) is 0 Å². The van der Waals surface area contributed by atoms with Crippen molar-refractivity contribution in [3.8, 4) is 0 Å². The van der Waals surface area contributed by atoms with Crippen LogP contribution < -0.4 is 15.1 Å². The van der Waals surface area contributed by atoms with Gasteiger partial charge in [0.2, 0.25) is 0 Å². The summed E-state index contributed by atoms with van der Waals surface area (Å²) < 4.78 is 0. The van der Waals surface area contributed by atoms with E-state index in [1.807, 2.05) is 67.5 Å². The van der Waals surface area contributed by atoms with Gasteiger partial charge in [0.15, 0.2) is 0 Å². The highest BCUT2D eigenvalue weighted by molar-refractivity contribution is 6.04. The second-order valence-electron chi connectivity index (χ2n) is 7.51. The molecule has 1 amide bonds. The fourth-order valence-corrected chi connectivity index (χ4v) is 3.07. The van der Waals surface area contributed by atoms with Crippen LogP contribution in [-0.2, 0) is 6.54 Å². The van der Waals surface area contributed by atoms with Gasteiger partial charge in [-0.3, -0.25) is 4.79 Å². The number of pyridine rings is 1. The highest BCUT2D eigenvalue weighted by Gasteiger charge is 2.15. The van der Waals surface area contributed by atoms with Gasteiger partial charge in [0.25, 0.3) is 5.91 Å². The number of rotatable bonds is 7. The summed E-state index contributed by atoms with van der Waals surface area (Å²) in [6.45, 7) is 5.00. The number of benzene rings is 2. The van der Waals surface area contributed by atoms with Crippen LogP contribution in [0.4, 0.5) is 17.2 Å². The van der Waals surface area contributed by atoms with E-state index in [0.29, 0.717) is 5.56 Å². The predicted molar refractivity (Wildman–Crippen MR) is 121 cm³/mol. The fourth-order valence-electron chi connectivity index (χ4n) is 3.07. The van der Waals surface area contributed by atoms with Crippen LogP contribution >= 0.6 is 0 Å². The second kappa shape index (κ2) is 9.24. The highest BCUT2D eigenvalue weighted by atomic mass is 16.1. The number of nitrogens with one attached hydrogen (secondary N) is 1. The standard InChI is InChI=1S/C24H28N4O/c1-18(2)28(17-19-8-6-5-7-9-19)23-16-20(14-15-25-23)24(29)26-21-10-12-22(13-11-21)27(3)4/h5-16,18H,17H2,1-4H3,(H,26,29). The summed E-state index contributed by atoms with van der Waals surface area (Å²) in [4.78, 5) is 21.5. The first-order chi connectivity index (χ1) is 13.9. The monoisotopic (exact) mass is 388 g/mol. The number of carbonyl (C=O) groups excluding carboxylic acids is 1. The van der Waals surface area contributed by atoms with Gasteiger partial charge in [-0.25, -0.2) is 4.98 Å². The molecule has 0 aliphatic carbocycles. The van der Waals surface area contributed by atoms with Crippen molar-refractivity contribution in [3.05, 3.63) is 84.1 Å². The van der Waals surface area contributed by atoms with Gasteiger partial charge in [-0.15, -0.1) is 0 Å². The van der Waals surface area contributed by atoms with Gasteiger partial charge in [-0.2, -0.15) is 0 Å². The quantitative estimate of drug-likeness (QED) is 0.631. The van der Waals surface area contributed by atoms with E-state index in [0.717, 1.165) is 23.7 Å². The maximum Gasteiger partial charge on any atom is 0.255 e. The molecular weight excluding hydrogens is 360 g/mol. The third-order valence-electron chi connectivity index (χ3n) is 4.76. The van der Waals surface area contributed by atoms with E-state index in [4.69, 9.17) is 0 Å². The maximum absolute atomic E-state index is 12.8. The number of anilines is 3. The summed E-state index contributed by atoms with van der Waals surface area (Å²) in [5.41, 5.74) is 3.65. The van der Waals surface area contributed by atoms with Gasteiger partial charge < -0.3 is 15.1 Å². The first-order valence-electron chi connectivity index (χ1n) is 9.79. The smallest absolute Gasteiger partial charge is 0.255 e. The minimum absolute atomic E-state index is 0.144. The molecule has 2 aromatic carbocycles. The number of hydrogen-bond acceptors (Lipinski definition) is 4. The summed E-state index contributed by atoms with van der Waals surface area (Å²) in [6.07, 6.45) is 1.69. The van der Waals surface area contributed by atoms with E-state index >= 15 is 0 Å². The Labute approximate surface area is 173 Å². The lowest BCUT2D eigenvalue weighted by atomic mass is 10.1. The first-order valence-corrected chi connectivity index (χ1v) is 9.79. The Morgan fingerprint density at radius 2 is 1.69 bits per heavy atom. The van der Waals surface area contributed by atoms with E-state index in [1.165, 1.54) is 5.56 Å². The average Bonchev–Trinajstić information content (AvgIpc) is 2.73. The topological polar surface area (TPSA) is 48.5 Å². The number of hydrogen-bond donors (Lipinski definition) is 1. The zero-order chi connectivity index (χ0) is 20.8. The molecule has 0 aliphatic heterocycles. The summed E-state index contributed by atoms with van der Waals surface area (Å²) in [5, 5.41) is 2.97. The minimum Gasteiger partial charge on any atom is -0.378 e. The van der Waals surface area contributed by atoms with Crippen molar-refractivity contribution in [1.82, 2.24) is 4.98 Å². The zero-order valence-electron chi connectivity index (χ0n) is 17.5. The van der Waals surface area contributed by atoms with Crippen LogP contribution in [0.25, 0.3) is 0 Å². The Morgan fingerprint density at radius 3 is 2.31 bits per heavy atom. The van der Waals surface area contributed by atoms with Crippen LogP contribution in [0.5, 0.6) is 0 Å². The van der Waals surface area contributed by atoms with E-state index in [2.05, 4.69) is 41.2 Å². The molecule has 0 aliphatic rings. The third kappa shape index (κ3) is 5.35. The largest absolute Gasteiger partial charge is 0.378 e. The van der Waals surface area contributed by atoms with Crippen molar-refractivity contribution in [2.45, 2.75) is 26.4 Å².